The predicted molar refractivity (Wildman–Crippen MR) is 39.2 cm³/mol. The van der Waals surface area contributed by atoms with E-state index in [0.29, 0.717) is 12.5 Å². The highest BCUT2D eigenvalue weighted by atomic mass is 16.4. The van der Waals surface area contributed by atoms with Crippen LogP contribution in [-0.2, 0) is 0 Å². The summed E-state index contributed by atoms with van der Waals surface area (Å²) in [6, 6.07) is 0.137. The van der Waals surface area contributed by atoms with Gasteiger partial charge in [-0.05, 0) is 25.2 Å². The lowest BCUT2D eigenvalue weighted by Gasteiger charge is -2.53. The summed E-state index contributed by atoms with van der Waals surface area (Å²) in [6.45, 7) is 0.560. The minimum absolute atomic E-state index is 0.137. The maximum Gasteiger partial charge on any atom is 0.137 e. The molecule has 68 valence electrons. The fourth-order valence-corrected chi connectivity index (χ4v) is 2.29. The Morgan fingerprint density at radius 3 is 2.83 bits per heavy atom. The first kappa shape index (κ1) is 7.86. The van der Waals surface area contributed by atoms with Crippen LogP contribution in [0.2, 0.25) is 0 Å². The van der Waals surface area contributed by atoms with E-state index in [1.807, 2.05) is 0 Å². The number of carbonyl (C=O) groups excluding carboxylic acids is 1. The summed E-state index contributed by atoms with van der Waals surface area (Å²) in [6.07, 6.45) is 1.00. The molecule has 4 nitrogen and oxygen atoms in total. The van der Waals surface area contributed by atoms with E-state index in [9.17, 15) is 15.0 Å². The van der Waals surface area contributed by atoms with Crippen molar-refractivity contribution in [2.45, 2.75) is 31.4 Å². The van der Waals surface area contributed by atoms with E-state index in [-0.39, 0.29) is 12.1 Å². The molecule has 0 radical (unpaired) electrons. The second-order valence-corrected chi connectivity index (χ2v) is 3.71. The third-order valence-electron chi connectivity index (χ3n) is 2.98. The lowest BCUT2D eigenvalue weighted by molar-refractivity contribution is -0.278. The summed E-state index contributed by atoms with van der Waals surface area (Å²) in [5, 5.41) is 19.7. The maximum absolute atomic E-state index is 10.5. The smallest absolute Gasteiger partial charge is 0.137 e. The topological polar surface area (TPSA) is 63.6 Å². The molecular weight excluding hydrogens is 158 g/mol. The molecule has 1 saturated heterocycles. The van der Waals surface area contributed by atoms with Gasteiger partial charge in [0.1, 0.15) is 6.09 Å². The molecule has 12 heavy (non-hydrogen) atoms. The van der Waals surface area contributed by atoms with Crippen molar-refractivity contribution >= 4 is 6.09 Å². The van der Waals surface area contributed by atoms with Crippen LogP contribution in [-0.4, -0.2) is 34.8 Å². The van der Waals surface area contributed by atoms with E-state index in [0.717, 1.165) is 19.3 Å². The summed E-state index contributed by atoms with van der Waals surface area (Å²) >= 11 is 0. The van der Waals surface area contributed by atoms with Gasteiger partial charge in [-0.15, -0.1) is 0 Å². The average molecular weight is 170 g/mol. The Kier molecular flexibility index (Phi) is 1.72. The van der Waals surface area contributed by atoms with Crippen molar-refractivity contribution in [1.82, 2.24) is 4.90 Å². The number of aliphatic hydroxyl groups is 1. The van der Waals surface area contributed by atoms with Gasteiger partial charge in [0.15, 0.2) is 0 Å². The van der Waals surface area contributed by atoms with Crippen molar-refractivity contribution in [3.8, 4) is 0 Å². The summed E-state index contributed by atoms with van der Waals surface area (Å²) in [7, 11) is 0. The summed E-state index contributed by atoms with van der Waals surface area (Å²) in [4.78, 5) is 11.8. The Balaban J connectivity index is 1.94. The molecule has 0 spiro atoms. The molecule has 1 N–H and O–H groups in total. The van der Waals surface area contributed by atoms with Crippen LogP contribution in [0.4, 0.5) is 4.79 Å². The molecule has 3 atom stereocenters. The molecular formula is C8H12NO3-. The number of carbonyl (C=O) groups is 1. The van der Waals surface area contributed by atoms with Crippen LogP contribution in [0.1, 0.15) is 19.3 Å². The SMILES string of the molecule is O=C([O-])N1CC2CC(O)CCC21. The first-order valence-electron chi connectivity index (χ1n) is 4.34. The van der Waals surface area contributed by atoms with E-state index in [1.54, 1.807) is 0 Å². The van der Waals surface area contributed by atoms with Crippen molar-refractivity contribution < 1.29 is 15.0 Å². The highest BCUT2D eigenvalue weighted by Crippen LogP contribution is 2.36. The Labute approximate surface area is 70.8 Å². The zero-order chi connectivity index (χ0) is 8.72. The molecule has 1 amide bonds. The second kappa shape index (κ2) is 2.62. The third-order valence-corrected chi connectivity index (χ3v) is 2.98. The van der Waals surface area contributed by atoms with Crippen LogP contribution >= 0.6 is 0 Å². The molecule has 0 aromatic heterocycles. The molecule has 0 aromatic rings. The largest absolute Gasteiger partial charge is 0.530 e. The summed E-state index contributed by atoms with van der Waals surface area (Å²) < 4.78 is 0. The van der Waals surface area contributed by atoms with Gasteiger partial charge in [-0.3, -0.25) is 0 Å². The van der Waals surface area contributed by atoms with E-state index >= 15 is 0 Å². The van der Waals surface area contributed by atoms with Gasteiger partial charge >= 0.3 is 0 Å². The number of hydrogen-bond acceptors (Lipinski definition) is 3. The molecule has 1 aliphatic carbocycles. The maximum atomic E-state index is 10.5. The number of amides is 1. The molecule has 1 aliphatic heterocycles. The first-order valence-corrected chi connectivity index (χ1v) is 4.34. The van der Waals surface area contributed by atoms with Gasteiger partial charge in [0.25, 0.3) is 0 Å². The van der Waals surface area contributed by atoms with E-state index < -0.39 is 6.09 Å². The molecule has 2 fully saturated rings. The van der Waals surface area contributed by atoms with Crippen molar-refractivity contribution in [2.75, 3.05) is 6.54 Å². The van der Waals surface area contributed by atoms with Gasteiger partial charge < -0.3 is 19.9 Å². The Bertz CT molecular complexity index is 206. The van der Waals surface area contributed by atoms with Gasteiger partial charge in [-0.25, -0.2) is 0 Å². The van der Waals surface area contributed by atoms with E-state index in [1.165, 1.54) is 4.90 Å². The molecule has 2 aliphatic rings. The van der Waals surface area contributed by atoms with E-state index in [2.05, 4.69) is 0 Å². The standard InChI is InChI=1S/C8H13NO3/c10-6-1-2-7-5(3-6)4-9(7)8(11)12/h5-7,10H,1-4H2,(H,11,12)/p-1. The third kappa shape index (κ3) is 1.06. The van der Waals surface area contributed by atoms with Gasteiger partial charge in [0, 0.05) is 12.6 Å². The quantitative estimate of drug-likeness (QED) is 0.516. The number of carboxylic acid groups (broad SMARTS) is 1. The van der Waals surface area contributed by atoms with Crippen LogP contribution < -0.4 is 5.11 Å². The Hall–Kier alpha value is -0.770. The monoisotopic (exact) mass is 170 g/mol. The predicted octanol–water partition coefficient (Wildman–Crippen LogP) is -0.825. The molecule has 1 heterocycles. The Morgan fingerprint density at radius 1 is 1.50 bits per heavy atom. The second-order valence-electron chi connectivity index (χ2n) is 3.71. The van der Waals surface area contributed by atoms with Gasteiger partial charge in [0.05, 0.1) is 6.10 Å². The molecule has 0 bridgehead atoms. The average Bonchev–Trinajstić information content (AvgIpc) is 1.94. The lowest BCUT2D eigenvalue weighted by Crippen LogP contribution is -2.64. The van der Waals surface area contributed by atoms with Crippen molar-refractivity contribution in [1.29, 1.82) is 0 Å². The van der Waals surface area contributed by atoms with Gasteiger partial charge in [0.2, 0.25) is 0 Å². The van der Waals surface area contributed by atoms with Crippen molar-refractivity contribution in [3.63, 3.8) is 0 Å². The number of likely N-dealkylation sites (tertiary alicyclic amines) is 1. The zero-order valence-corrected chi connectivity index (χ0v) is 6.77. The van der Waals surface area contributed by atoms with Crippen LogP contribution in [0, 0.1) is 5.92 Å². The van der Waals surface area contributed by atoms with Crippen LogP contribution in [0.5, 0.6) is 0 Å². The molecule has 4 heteroatoms. The molecule has 2 rings (SSSR count). The van der Waals surface area contributed by atoms with Crippen LogP contribution in [0.3, 0.4) is 0 Å². The Morgan fingerprint density at radius 2 is 2.25 bits per heavy atom. The van der Waals surface area contributed by atoms with Crippen LogP contribution in [0.25, 0.3) is 0 Å². The summed E-state index contributed by atoms with van der Waals surface area (Å²) in [5.41, 5.74) is 0. The fraction of sp³-hybridized carbons (Fsp3) is 0.875. The van der Waals surface area contributed by atoms with Crippen molar-refractivity contribution in [3.05, 3.63) is 0 Å². The first-order chi connectivity index (χ1) is 5.68. The molecule has 0 aromatic carbocycles. The van der Waals surface area contributed by atoms with Gasteiger partial charge in [-0.2, -0.15) is 0 Å². The minimum Gasteiger partial charge on any atom is -0.530 e. The van der Waals surface area contributed by atoms with Gasteiger partial charge in [-0.1, -0.05) is 0 Å². The summed E-state index contributed by atoms with van der Waals surface area (Å²) in [5.74, 6) is 0.381. The van der Waals surface area contributed by atoms with E-state index in [4.69, 9.17) is 0 Å². The number of rotatable bonds is 0. The normalized spacial score (nSPS) is 40.1. The molecule has 3 unspecified atom stereocenters. The van der Waals surface area contributed by atoms with Crippen molar-refractivity contribution in [2.24, 2.45) is 5.92 Å². The highest BCUT2D eigenvalue weighted by molar-refractivity contribution is 5.64. The zero-order valence-electron chi connectivity index (χ0n) is 6.77. The fourth-order valence-electron chi connectivity index (χ4n) is 2.29. The van der Waals surface area contributed by atoms with Crippen LogP contribution in [0.15, 0.2) is 0 Å². The minimum atomic E-state index is -1.06. The number of aliphatic hydroxyl groups excluding tert-OH is 1. The number of hydrogen-bond donors (Lipinski definition) is 1. The number of fused-ring (bicyclic) bond motifs is 1. The highest BCUT2D eigenvalue weighted by Gasteiger charge is 2.42. The lowest BCUT2D eigenvalue weighted by atomic mass is 9.76. The molecule has 1 saturated carbocycles. The number of nitrogens with zero attached hydrogens (tertiary/aromatic N) is 1.